The number of rotatable bonds is 6. The second-order valence-electron chi connectivity index (χ2n) is 12.6. The predicted molar refractivity (Wildman–Crippen MR) is 148 cm³/mol. The molecule has 0 saturated carbocycles. The minimum Gasteiger partial charge on any atom is -0.413 e. The van der Waals surface area contributed by atoms with Gasteiger partial charge in [-0.2, -0.15) is 4.98 Å². The van der Waals surface area contributed by atoms with Gasteiger partial charge in [0, 0.05) is 12.6 Å². The Morgan fingerprint density at radius 2 is 1.77 bits per heavy atom. The highest BCUT2D eigenvalue weighted by Gasteiger charge is 2.54. The average Bonchev–Trinajstić information content (AvgIpc) is 3.26. The molecule has 0 spiro atoms. The summed E-state index contributed by atoms with van der Waals surface area (Å²) in [7, 11) is -4.26. The van der Waals surface area contributed by atoms with Gasteiger partial charge in [-0.25, -0.2) is 4.98 Å². The number of terminal acetylenes is 1. The van der Waals surface area contributed by atoms with Crippen molar-refractivity contribution in [1.29, 1.82) is 0 Å². The Balaban J connectivity index is 2.03. The van der Waals surface area contributed by atoms with Gasteiger partial charge >= 0.3 is 0 Å². The Hall–Kier alpha value is -1.42. The van der Waals surface area contributed by atoms with Crippen LogP contribution in [0.4, 0.5) is 5.82 Å². The number of aromatic nitrogens is 3. The van der Waals surface area contributed by atoms with Crippen LogP contribution in [0.1, 0.15) is 54.2 Å². The summed E-state index contributed by atoms with van der Waals surface area (Å²) in [4.78, 5) is 8.49. The van der Waals surface area contributed by atoms with Gasteiger partial charge in [0.2, 0.25) is 5.28 Å². The van der Waals surface area contributed by atoms with E-state index in [2.05, 4.69) is 83.6 Å². The lowest BCUT2D eigenvalue weighted by atomic mass is 9.99. The molecule has 1 saturated heterocycles. The van der Waals surface area contributed by atoms with Crippen molar-refractivity contribution in [3.63, 3.8) is 0 Å². The smallest absolute Gasteiger partial charge is 0.226 e. The molecule has 1 aliphatic rings. The number of fused-ring (bicyclic) bond motifs is 1. The fourth-order valence-electron chi connectivity index (χ4n) is 3.65. The fourth-order valence-corrected chi connectivity index (χ4v) is 6.18. The fraction of sp³-hybridized carbons (Fsp3) is 0.680. The quantitative estimate of drug-likeness (QED) is 0.262. The largest absolute Gasteiger partial charge is 0.413 e. The topological polar surface area (TPSA) is 84.4 Å². The first-order valence-electron chi connectivity index (χ1n) is 12.1. The Kier molecular flexibility index (Phi) is 7.37. The second-order valence-corrected chi connectivity index (χ2v) is 22.5. The van der Waals surface area contributed by atoms with E-state index in [1.165, 1.54) is 0 Å². The molecule has 1 aliphatic heterocycles. The van der Waals surface area contributed by atoms with Gasteiger partial charge in [0.05, 0.1) is 18.1 Å². The van der Waals surface area contributed by atoms with E-state index in [-0.39, 0.29) is 28.1 Å². The average molecular weight is 537 g/mol. The highest BCUT2D eigenvalue weighted by molar-refractivity contribution is 6.74. The summed E-state index contributed by atoms with van der Waals surface area (Å²) in [6.07, 6.45) is 7.92. The van der Waals surface area contributed by atoms with Gasteiger partial charge in [-0.15, -0.1) is 6.42 Å². The van der Waals surface area contributed by atoms with Crippen LogP contribution in [-0.2, 0) is 13.6 Å². The number of nitrogens with zero attached hydrogens (tertiary/aromatic N) is 3. The molecule has 2 aromatic heterocycles. The predicted octanol–water partition coefficient (Wildman–Crippen LogP) is 6.37. The third-order valence-corrected chi connectivity index (χ3v) is 17.2. The van der Waals surface area contributed by atoms with Gasteiger partial charge in [-0.3, -0.25) is 0 Å². The monoisotopic (exact) mass is 536 g/mol. The Labute approximate surface area is 217 Å². The van der Waals surface area contributed by atoms with Crippen molar-refractivity contribution in [1.82, 2.24) is 14.5 Å². The van der Waals surface area contributed by atoms with Gasteiger partial charge in [0.25, 0.3) is 0 Å². The van der Waals surface area contributed by atoms with Crippen molar-refractivity contribution in [2.24, 2.45) is 0 Å². The second kappa shape index (κ2) is 9.16. The minimum absolute atomic E-state index is 0.0149. The molecule has 3 atom stereocenters. The van der Waals surface area contributed by atoms with Crippen LogP contribution in [0.25, 0.3) is 11.0 Å². The molecule has 0 bridgehead atoms. The van der Waals surface area contributed by atoms with Gasteiger partial charge in [0.1, 0.15) is 17.7 Å². The molecular formula is C25H41ClN4O3Si2. The molecule has 2 aromatic rings. The molecule has 0 aromatic carbocycles. The molecule has 7 nitrogen and oxygen atoms in total. The van der Waals surface area contributed by atoms with E-state index in [9.17, 15) is 0 Å². The van der Waals surface area contributed by atoms with E-state index in [0.717, 1.165) is 5.39 Å². The summed E-state index contributed by atoms with van der Waals surface area (Å²) in [5.41, 5.74) is 5.66. The molecule has 0 radical (unpaired) electrons. The van der Waals surface area contributed by atoms with Gasteiger partial charge in [-0.05, 0) is 53.9 Å². The van der Waals surface area contributed by atoms with Crippen LogP contribution >= 0.6 is 11.6 Å². The summed E-state index contributed by atoms with van der Waals surface area (Å²) in [6, 6.07) is 1.87. The van der Waals surface area contributed by atoms with Crippen LogP contribution in [-0.4, -0.2) is 49.5 Å². The van der Waals surface area contributed by atoms with Crippen molar-refractivity contribution in [2.75, 3.05) is 12.3 Å². The number of hydrogen-bond acceptors (Lipinski definition) is 6. The number of nitrogen functional groups attached to an aromatic ring is 1. The first kappa shape index (κ1) is 28.2. The van der Waals surface area contributed by atoms with E-state index in [0.29, 0.717) is 17.9 Å². The lowest BCUT2D eigenvalue weighted by Crippen LogP contribution is -2.54. The zero-order chi connectivity index (χ0) is 26.6. The number of anilines is 1. The molecule has 35 heavy (non-hydrogen) atoms. The van der Waals surface area contributed by atoms with Gasteiger partial charge in [0.15, 0.2) is 22.2 Å². The van der Waals surface area contributed by atoms with E-state index >= 15 is 0 Å². The van der Waals surface area contributed by atoms with Crippen molar-refractivity contribution < 1.29 is 13.6 Å². The van der Waals surface area contributed by atoms with Crippen LogP contribution in [0.2, 0.25) is 41.5 Å². The first-order chi connectivity index (χ1) is 15.8. The molecule has 1 fully saturated rings. The normalized spacial score (nSPS) is 24.2. The highest BCUT2D eigenvalue weighted by Crippen LogP contribution is 2.46. The van der Waals surface area contributed by atoms with Crippen molar-refractivity contribution in [3.8, 4) is 12.3 Å². The highest BCUT2D eigenvalue weighted by atomic mass is 35.5. The minimum atomic E-state index is -2.17. The molecule has 0 aliphatic carbocycles. The maximum absolute atomic E-state index is 6.92. The Bertz CT molecular complexity index is 1130. The van der Waals surface area contributed by atoms with E-state index in [4.69, 9.17) is 37.3 Å². The summed E-state index contributed by atoms with van der Waals surface area (Å²) >= 11 is 6.13. The maximum Gasteiger partial charge on any atom is 0.226 e. The van der Waals surface area contributed by atoms with Crippen molar-refractivity contribution in [3.05, 3.63) is 17.5 Å². The first-order valence-corrected chi connectivity index (χ1v) is 18.3. The van der Waals surface area contributed by atoms with Crippen LogP contribution in [0.5, 0.6) is 0 Å². The van der Waals surface area contributed by atoms with Crippen LogP contribution in [0.3, 0.4) is 0 Å². The number of hydrogen-bond donors (Lipinski definition) is 1. The summed E-state index contributed by atoms with van der Waals surface area (Å²) in [6.45, 7) is 22.5. The van der Waals surface area contributed by atoms with E-state index < -0.39 is 28.5 Å². The van der Waals surface area contributed by atoms with Crippen molar-refractivity contribution in [2.45, 2.75) is 102 Å². The van der Waals surface area contributed by atoms with Crippen LogP contribution in [0.15, 0.2) is 12.3 Å². The standard InChI is InChI=1S/C25H41ClN4O3Si2/c1-12-25(16-31-34(8,9)23(2,3)4)18(33-35(10,11)24(5,6)7)15-19(32-25)30-14-13-17-20(27)28-22(26)29-21(17)30/h1,13-14,18-19H,15-16H2,2-11H3,(H2,27,28,29)/t18-,19+,25+/m0/s1. The van der Waals surface area contributed by atoms with Gasteiger partial charge < -0.3 is 23.9 Å². The number of ether oxygens (including phenoxy) is 1. The molecule has 0 unspecified atom stereocenters. The van der Waals surface area contributed by atoms with Crippen molar-refractivity contribution >= 4 is 45.1 Å². The Morgan fingerprint density at radius 1 is 1.17 bits per heavy atom. The van der Waals surface area contributed by atoms with Crippen LogP contribution in [0, 0.1) is 12.3 Å². The zero-order valence-electron chi connectivity index (χ0n) is 22.8. The van der Waals surface area contributed by atoms with Gasteiger partial charge in [-0.1, -0.05) is 47.5 Å². The number of halogens is 1. The summed E-state index contributed by atoms with van der Waals surface area (Å²) in [5.74, 6) is 3.29. The maximum atomic E-state index is 6.92. The molecule has 2 N–H and O–H groups in total. The molecule has 10 heteroatoms. The molecule has 3 heterocycles. The lowest BCUT2D eigenvalue weighted by molar-refractivity contribution is -0.0836. The zero-order valence-corrected chi connectivity index (χ0v) is 25.6. The lowest BCUT2D eigenvalue weighted by Gasteiger charge is -2.43. The van der Waals surface area contributed by atoms with E-state index in [1.54, 1.807) is 0 Å². The third kappa shape index (κ3) is 5.33. The third-order valence-electron chi connectivity index (χ3n) is 8.11. The Morgan fingerprint density at radius 3 is 2.31 bits per heavy atom. The van der Waals surface area contributed by atoms with Crippen LogP contribution < -0.4 is 5.73 Å². The molecule has 194 valence electrons. The SMILES string of the molecule is C#C[C@]1(CO[Si](C)(C)C(C)(C)C)O[C@@H](n2ccc3c(N)nc(Cl)nc32)C[C@@H]1O[Si](C)(C)C(C)(C)C. The number of nitrogens with two attached hydrogens (primary N) is 1. The molecule has 0 amide bonds. The van der Waals surface area contributed by atoms with E-state index in [1.807, 2.05) is 16.8 Å². The summed E-state index contributed by atoms with van der Waals surface area (Å²) < 4.78 is 22.2. The summed E-state index contributed by atoms with van der Waals surface area (Å²) in [5, 5.41) is 0.863. The molecular weight excluding hydrogens is 496 g/mol. The molecule has 3 rings (SSSR count).